The van der Waals surface area contributed by atoms with E-state index < -0.39 is 11.7 Å². The molecular formula is C16H10ClFN2O2S. The summed E-state index contributed by atoms with van der Waals surface area (Å²) in [5.41, 5.74) is 0.801. The molecule has 0 radical (unpaired) electrons. The Kier molecular flexibility index (Phi) is 4.11. The van der Waals surface area contributed by atoms with Crippen LogP contribution in [0.3, 0.4) is 0 Å². The van der Waals surface area contributed by atoms with Crippen LogP contribution in [-0.4, -0.2) is 16.2 Å². The Bertz CT molecular complexity index is 836. The summed E-state index contributed by atoms with van der Waals surface area (Å²) in [6.45, 7) is 0. The highest BCUT2D eigenvalue weighted by atomic mass is 35.5. The minimum absolute atomic E-state index is 0.00868. The zero-order chi connectivity index (χ0) is 16.6. The smallest absolute Gasteiger partial charge is 0.271 e. The first-order valence-corrected chi connectivity index (χ1v) is 7.72. The Labute approximate surface area is 140 Å². The van der Waals surface area contributed by atoms with Gasteiger partial charge in [0, 0.05) is 10.6 Å². The summed E-state index contributed by atoms with van der Waals surface area (Å²) in [6, 6.07) is 9.82. The van der Waals surface area contributed by atoms with Crippen LogP contribution in [0.15, 0.2) is 47.4 Å². The van der Waals surface area contributed by atoms with Gasteiger partial charge in [-0.25, -0.2) is 4.39 Å². The predicted molar refractivity (Wildman–Crippen MR) is 90.3 cm³/mol. The summed E-state index contributed by atoms with van der Waals surface area (Å²) in [6.07, 6.45) is 1.48. The first-order valence-electron chi connectivity index (χ1n) is 6.52. The SMILES string of the molecule is N=C1S/C(=C\c2cc(Cl)ccc2O)C(=O)N1c1ccc(F)cc1. The molecule has 2 aromatic rings. The van der Waals surface area contributed by atoms with Gasteiger partial charge in [0.15, 0.2) is 5.17 Å². The maximum absolute atomic E-state index is 13.0. The number of nitrogens with one attached hydrogen (secondary N) is 1. The first kappa shape index (κ1) is 15.6. The van der Waals surface area contributed by atoms with E-state index in [1.807, 2.05) is 0 Å². The Morgan fingerprint density at radius 1 is 1.22 bits per heavy atom. The van der Waals surface area contributed by atoms with Crippen molar-refractivity contribution in [3.8, 4) is 5.75 Å². The summed E-state index contributed by atoms with van der Waals surface area (Å²) in [5.74, 6) is -0.841. The molecule has 3 rings (SSSR count). The van der Waals surface area contributed by atoms with Crippen molar-refractivity contribution in [3.05, 3.63) is 63.8 Å². The maximum atomic E-state index is 13.0. The third-order valence-electron chi connectivity index (χ3n) is 3.18. The highest BCUT2D eigenvalue weighted by molar-refractivity contribution is 8.19. The second-order valence-corrected chi connectivity index (χ2v) is 6.20. The summed E-state index contributed by atoms with van der Waals surface area (Å²) in [7, 11) is 0. The Hall–Kier alpha value is -2.31. The van der Waals surface area contributed by atoms with Gasteiger partial charge >= 0.3 is 0 Å². The molecular weight excluding hydrogens is 339 g/mol. The molecule has 2 aromatic carbocycles. The van der Waals surface area contributed by atoms with Gasteiger partial charge in [-0.3, -0.25) is 15.1 Å². The fourth-order valence-electron chi connectivity index (χ4n) is 2.09. The molecule has 1 amide bonds. The Balaban J connectivity index is 1.96. The maximum Gasteiger partial charge on any atom is 0.271 e. The molecule has 116 valence electrons. The van der Waals surface area contributed by atoms with Gasteiger partial charge in [0.1, 0.15) is 11.6 Å². The molecule has 0 aromatic heterocycles. The lowest BCUT2D eigenvalue weighted by Crippen LogP contribution is -2.28. The van der Waals surface area contributed by atoms with E-state index in [4.69, 9.17) is 17.0 Å². The van der Waals surface area contributed by atoms with E-state index in [-0.39, 0.29) is 15.8 Å². The number of phenolic OH excluding ortho intramolecular Hbond substituents is 1. The van der Waals surface area contributed by atoms with Gasteiger partial charge in [0.25, 0.3) is 5.91 Å². The number of carbonyl (C=O) groups excluding carboxylic acids is 1. The lowest BCUT2D eigenvalue weighted by molar-refractivity contribution is -0.113. The quantitative estimate of drug-likeness (QED) is 0.798. The van der Waals surface area contributed by atoms with Crippen molar-refractivity contribution in [1.29, 1.82) is 5.41 Å². The molecule has 0 aliphatic carbocycles. The zero-order valence-corrected chi connectivity index (χ0v) is 13.2. The third kappa shape index (κ3) is 3.09. The Morgan fingerprint density at radius 3 is 2.61 bits per heavy atom. The van der Waals surface area contributed by atoms with E-state index in [0.29, 0.717) is 16.3 Å². The van der Waals surface area contributed by atoms with Crippen molar-refractivity contribution in [2.45, 2.75) is 0 Å². The summed E-state index contributed by atoms with van der Waals surface area (Å²) >= 11 is 6.85. The highest BCUT2D eigenvalue weighted by Crippen LogP contribution is 2.36. The number of aromatic hydroxyl groups is 1. The van der Waals surface area contributed by atoms with E-state index >= 15 is 0 Å². The minimum Gasteiger partial charge on any atom is -0.507 e. The van der Waals surface area contributed by atoms with Crippen molar-refractivity contribution in [3.63, 3.8) is 0 Å². The number of thioether (sulfide) groups is 1. The van der Waals surface area contributed by atoms with Gasteiger partial charge in [0.05, 0.1) is 10.6 Å². The molecule has 0 spiro atoms. The van der Waals surface area contributed by atoms with Gasteiger partial charge in [0.2, 0.25) is 0 Å². The molecule has 2 N–H and O–H groups in total. The van der Waals surface area contributed by atoms with Crippen molar-refractivity contribution in [2.24, 2.45) is 0 Å². The second-order valence-electron chi connectivity index (χ2n) is 4.74. The van der Waals surface area contributed by atoms with Gasteiger partial charge in [-0.1, -0.05) is 11.6 Å². The molecule has 4 nitrogen and oxygen atoms in total. The summed E-state index contributed by atoms with van der Waals surface area (Å²) in [4.78, 5) is 13.9. The van der Waals surface area contributed by atoms with Crippen LogP contribution in [0, 0.1) is 11.2 Å². The number of amides is 1. The number of phenols is 1. The monoisotopic (exact) mass is 348 g/mol. The van der Waals surface area contributed by atoms with Crippen molar-refractivity contribution < 1.29 is 14.3 Å². The molecule has 7 heteroatoms. The van der Waals surface area contributed by atoms with Gasteiger partial charge in [-0.15, -0.1) is 0 Å². The molecule has 0 bridgehead atoms. The fraction of sp³-hybridized carbons (Fsp3) is 0. The fourth-order valence-corrected chi connectivity index (χ4v) is 3.13. The van der Waals surface area contributed by atoms with E-state index in [1.54, 1.807) is 0 Å². The molecule has 1 heterocycles. The number of rotatable bonds is 2. The molecule has 0 unspecified atom stereocenters. The van der Waals surface area contributed by atoms with Gasteiger partial charge < -0.3 is 5.11 Å². The number of nitrogens with zero attached hydrogens (tertiary/aromatic N) is 1. The lowest BCUT2D eigenvalue weighted by atomic mass is 10.2. The van der Waals surface area contributed by atoms with Crippen LogP contribution in [0.25, 0.3) is 6.08 Å². The number of anilines is 1. The number of hydrogen-bond donors (Lipinski definition) is 2. The Morgan fingerprint density at radius 2 is 1.91 bits per heavy atom. The summed E-state index contributed by atoms with van der Waals surface area (Å²) < 4.78 is 13.0. The van der Waals surface area contributed by atoms with Crippen molar-refractivity contribution in [1.82, 2.24) is 0 Å². The largest absolute Gasteiger partial charge is 0.507 e. The number of hydrogen-bond acceptors (Lipinski definition) is 4. The standard InChI is InChI=1S/C16H10ClFN2O2S/c17-10-1-6-13(21)9(7-10)8-14-15(22)20(16(19)23-14)12-4-2-11(18)3-5-12/h1-8,19,21H/b14-8-,19-16?. The summed E-state index contributed by atoms with van der Waals surface area (Å²) in [5, 5.41) is 18.2. The average molecular weight is 349 g/mol. The van der Waals surface area contributed by atoms with Crippen LogP contribution < -0.4 is 4.90 Å². The number of halogens is 2. The number of carbonyl (C=O) groups is 1. The van der Waals surface area contributed by atoms with Crippen LogP contribution in [-0.2, 0) is 4.79 Å². The third-order valence-corrected chi connectivity index (χ3v) is 4.31. The molecule has 1 fully saturated rings. The first-order chi connectivity index (χ1) is 11.0. The topological polar surface area (TPSA) is 64.4 Å². The second kappa shape index (κ2) is 6.06. The molecule has 23 heavy (non-hydrogen) atoms. The van der Waals surface area contributed by atoms with Crippen molar-refractivity contribution >= 4 is 46.2 Å². The molecule has 1 aliphatic rings. The minimum atomic E-state index is -0.417. The normalized spacial score (nSPS) is 16.4. The van der Waals surface area contributed by atoms with Crippen LogP contribution in [0.4, 0.5) is 10.1 Å². The molecule has 0 atom stereocenters. The predicted octanol–water partition coefficient (Wildman–Crippen LogP) is 4.24. The van der Waals surface area contributed by atoms with E-state index in [0.717, 1.165) is 11.8 Å². The zero-order valence-electron chi connectivity index (χ0n) is 11.6. The van der Waals surface area contributed by atoms with E-state index in [9.17, 15) is 14.3 Å². The highest BCUT2D eigenvalue weighted by Gasteiger charge is 2.33. The average Bonchev–Trinajstić information content (AvgIpc) is 2.79. The number of benzene rings is 2. The van der Waals surface area contributed by atoms with Crippen LogP contribution in [0.5, 0.6) is 5.75 Å². The lowest BCUT2D eigenvalue weighted by Gasteiger charge is -2.13. The van der Waals surface area contributed by atoms with Crippen LogP contribution in [0.2, 0.25) is 5.02 Å². The number of amidine groups is 1. The molecule has 1 aliphatic heterocycles. The van der Waals surface area contributed by atoms with Crippen molar-refractivity contribution in [2.75, 3.05) is 4.90 Å². The van der Waals surface area contributed by atoms with Gasteiger partial charge in [-0.2, -0.15) is 0 Å². The van der Waals surface area contributed by atoms with E-state index in [2.05, 4.69) is 0 Å². The van der Waals surface area contributed by atoms with Crippen LogP contribution >= 0.6 is 23.4 Å². The van der Waals surface area contributed by atoms with Crippen LogP contribution in [0.1, 0.15) is 5.56 Å². The molecule has 1 saturated heterocycles. The molecule has 0 saturated carbocycles. The van der Waals surface area contributed by atoms with E-state index in [1.165, 1.54) is 53.4 Å². The van der Waals surface area contributed by atoms with Gasteiger partial charge in [-0.05, 0) is 60.3 Å².